The van der Waals surface area contributed by atoms with Gasteiger partial charge in [-0.25, -0.2) is 9.18 Å². The van der Waals surface area contributed by atoms with Crippen molar-refractivity contribution in [1.29, 1.82) is 0 Å². The molecule has 2 rings (SSSR count). The number of hydrogen-bond acceptors (Lipinski definition) is 2. The van der Waals surface area contributed by atoms with Crippen LogP contribution < -0.4 is 10.6 Å². The zero-order valence-electron chi connectivity index (χ0n) is 10.2. The Hall–Kier alpha value is -1.62. The lowest BCUT2D eigenvalue weighted by Crippen LogP contribution is -2.43. The molecule has 1 fully saturated rings. The van der Waals surface area contributed by atoms with Gasteiger partial charge in [0.25, 0.3) is 0 Å². The Balaban J connectivity index is 1.85. The molecule has 3 N–H and O–H groups in total. The van der Waals surface area contributed by atoms with Gasteiger partial charge in [-0.15, -0.1) is 0 Å². The van der Waals surface area contributed by atoms with E-state index in [2.05, 4.69) is 10.6 Å². The number of halogens is 1. The minimum absolute atomic E-state index is 0.0206. The maximum absolute atomic E-state index is 13.5. The third kappa shape index (κ3) is 2.98. The van der Waals surface area contributed by atoms with E-state index in [0.717, 1.165) is 6.42 Å². The molecule has 0 aromatic heterocycles. The second-order valence-corrected chi connectivity index (χ2v) is 4.67. The van der Waals surface area contributed by atoms with Crippen molar-refractivity contribution in [2.24, 2.45) is 0 Å². The number of carbonyl (C=O) groups excluding carboxylic acids is 1. The molecule has 1 aromatic carbocycles. The van der Waals surface area contributed by atoms with Crippen LogP contribution in [0.4, 0.5) is 9.18 Å². The number of aliphatic hydroxyl groups is 1. The first-order chi connectivity index (χ1) is 8.61. The van der Waals surface area contributed by atoms with Crippen LogP contribution >= 0.6 is 0 Å². The number of nitrogens with one attached hydrogen (secondary N) is 2. The Morgan fingerprint density at radius 2 is 2.28 bits per heavy atom. The molecule has 1 aliphatic rings. The summed E-state index contributed by atoms with van der Waals surface area (Å²) in [7, 11) is 0. The molecule has 0 saturated heterocycles. The van der Waals surface area contributed by atoms with Crippen molar-refractivity contribution in [2.75, 3.05) is 6.61 Å². The van der Waals surface area contributed by atoms with Crippen LogP contribution in [-0.2, 0) is 0 Å². The van der Waals surface area contributed by atoms with Crippen LogP contribution in [0.2, 0.25) is 0 Å². The molecule has 1 aliphatic carbocycles. The number of amides is 2. The summed E-state index contributed by atoms with van der Waals surface area (Å²) in [6.45, 7) is 1.61. The van der Waals surface area contributed by atoms with Gasteiger partial charge in [0.1, 0.15) is 5.82 Å². The molecule has 0 bridgehead atoms. The second-order valence-electron chi connectivity index (χ2n) is 4.67. The van der Waals surface area contributed by atoms with Crippen molar-refractivity contribution < 1.29 is 14.3 Å². The van der Waals surface area contributed by atoms with E-state index in [1.165, 1.54) is 6.07 Å². The van der Waals surface area contributed by atoms with Crippen molar-refractivity contribution in [3.05, 3.63) is 35.6 Å². The quantitative estimate of drug-likeness (QED) is 0.757. The van der Waals surface area contributed by atoms with Crippen LogP contribution in [-0.4, -0.2) is 29.8 Å². The van der Waals surface area contributed by atoms with Crippen LogP contribution in [0, 0.1) is 5.82 Å². The number of carbonyl (C=O) groups is 1. The van der Waals surface area contributed by atoms with Gasteiger partial charge in [-0.3, -0.25) is 0 Å². The summed E-state index contributed by atoms with van der Waals surface area (Å²) < 4.78 is 13.5. The standard InChI is InChI=1S/C13H17FN2O2/c1-8(7-17)15-13(18)16-12-6-10(12)9-4-2-3-5-11(9)14/h2-5,8,10,12,17H,6-7H2,1H3,(H2,15,16,18). The molecule has 3 unspecified atom stereocenters. The van der Waals surface area contributed by atoms with Crippen molar-refractivity contribution in [3.8, 4) is 0 Å². The zero-order chi connectivity index (χ0) is 13.1. The first kappa shape index (κ1) is 12.8. The number of benzene rings is 1. The fourth-order valence-corrected chi connectivity index (χ4v) is 1.95. The SMILES string of the molecule is CC(CO)NC(=O)NC1CC1c1ccccc1F. The third-order valence-electron chi connectivity index (χ3n) is 3.06. The van der Waals surface area contributed by atoms with Gasteiger partial charge < -0.3 is 15.7 Å². The van der Waals surface area contributed by atoms with Gasteiger partial charge in [-0.05, 0) is 25.0 Å². The molecule has 0 aliphatic heterocycles. The fraction of sp³-hybridized carbons (Fsp3) is 0.462. The van der Waals surface area contributed by atoms with E-state index in [0.29, 0.717) is 5.56 Å². The van der Waals surface area contributed by atoms with Crippen molar-refractivity contribution in [3.63, 3.8) is 0 Å². The Labute approximate surface area is 105 Å². The first-order valence-corrected chi connectivity index (χ1v) is 6.04. The maximum atomic E-state index is 13.5. The van der Waals surface area contributed by atoms with Gasteiger partial charge in [0, 0.05) is 12.0 Å². The number of rotatable bonds is 4. The number of hydrogen-bond donors (Lipinski definition) is 3. The molecule has 18 heavy (non-hydrogen) atoms. The summed E-state index contributed by atoms with van der Waals surface area (Å²) in [6.07, 6.45) is 0.752. The highest BCUT2D eigenvalue weighted by molar-refractivity contribution is 5.75. The van der Waals surface area contributed by atoms with Gasteiger partial charge in [0.05, 0.1) is 12.6 Å². The van der Waals surface area contributed by atoms with E-state index in [1.54, 1.807) is 25.1 Å². The summed E-state index contributed by atoms with van der Waals surface area (Å²) in [5.74, 6) is -0.169. The number of aliphatic hydroxyl groups excluding tert-OH is 1. The summed E-state index contributed by atoms with van der Waals surface area (Å²) in [5, 5.41) is 14.2. The Bertz CT molecular complexity index is 439. The van der Waals surface area contributed by atoms with E-state index in [-0.39, 0.29) is 36.5 Å². The molecule has 3 atom stereocenters. The predicted molar refractivity (Wildman–Crippen MR) is 65.8 cm³/mol. The van der Waals surface area contributed by atoms with Crippen molar-refractivity contribution in [2.45, 2.75) is 31.3 Å². The molecule has 0 spiro atoms. The molecule has 0 radical (unpaired) electrons. The van der Waals surface area contributed by atoms with Crippen LogP contribution in [0.25, 0.3) is 0 Å². The van der Waals surface area contributed by atoms with E-state index in [9.17, 15) is 9.18 Å². The smallest absolute Gasteiger partial charge is 0.315 e. The van der Waals surface area contributed by atoms with Crippen molar-refractivity contribution >= 4 is 6.03 Å². The largest absolute Gasteiger partial charge is 0.394 e. The van der Waals surface area contributed by atoms with Crippen LogP contribution in [0.3, 0.4) is 0 Å². The average Bonchev–Trinajstić information content (AvgIpc) is 3.08. The van der Waals surface area contributed by atoms with Crippen LogP contribution in [0.1, 0.15) is 24.8 Å². The van der Waals surface area contributed by atoms with E-state index in [1.807, 2.05) is 0 Å². The Morgan fingerprint density at radius 1 is 1.56 bits per heavy atom. The lowest BCUT2D eigenvalue weighted by atomic mass is 10.1. The van der Waals surface area contributed by atoms with Gasteiger partial charge in [-0.1, -0.05) is 18.2 Å². The number of urea groups is 1. The maximum Gasteiger partial charge on any atom is 0.315 e. The topological polar surface area (TPSA) is 61.4 Å². The lowest BCUT2D eigenvalue weighted by molar-refractivity contribution is 0.220. The molecule has 2 amide bonds. The molecule has 0 heterocycles. The average molecular weight is 252 g/mol. The van der Waals surface area contributed by atoms with Crippen LogP contribution in [0.15, 0.2) is 24.3 Å². The highest BCUT2D eigenvalue weighted by Crippen LogP contribution is 2.41. The minimum Gasteiger partial charge on any atom is -0.394 e. The summed E-state index contributed by atoms with van der Waals surface area (Å²) in [4.78, 5) is 11.5. The van der Waals surface area contributed by atoms with Gasteiger partial charge >= 0.3 is 6.03 Å². The van der Waals surface area contributed by atoms with Crippen LogP contribution in [0.5, 0.6) is 0 Å². The summed E-state index contributed by atoms with van der Waals surface area (Å²) in [6, 6.07) is 6.00. The minimum atomic E-state index is -0.319. The molecule has 5 heteroatoms. The van der Waals surface area contributed by atoms with Gasteiger partial charge in [0.2, 0.25) is 0 Å². The van der Waals surface area contributed by atoms with Crippen molar-refractivity contribution in [1.82, 2.24) is 10.6 Å². The highest BCUT2D eigenvalue weighted by atomic mass is 19.1. The molecule has 1 aromatic rings. The Morgan fingerprint density at radius 3 is 2.94 bits per heavy atom. The van der Waals surface area contributed by atoms with E-state index < -0.39 is 0 Å². The lowest BCUT2D eigenvalue weighted by Gasteiger charge is -2.12. The third-order valence-corrected chi connectivity index (χ3v) is 3.06. The first-order valence-electron chi connectivity index (χ1n) is 6.04. The molecule has 98 valence electrons. The summed E-state index contributed by atoms with van der Waals surface area (Å²) in [5.41, 5.74) is 0.651. The van der Waals surface area contributed by atoms with Gasteiger partial charge in [-0.2, -0.15) is 0 Å². The van der Waals surface area contributed by atoms with E-state index >= 15 is 0 Å². The predicted octanol–water partition coefficient (Wildman–Crippen LogP) is 1.36. The second kappa shape index (κ2) is 5.35. The summed E-state index contributed by atoms with van der Waals surface area (Å²) >= 11 is 0. The zero-order valence-corrected chi connectivity index (χ0v) is 10.2. The molecular formula is C13H17FN2O2. The van der Waals surface area contributed by atoms with Gasteiger partial charge in [0.15, 0.2) is 0 Å². The fourth-order valence-electron chi connectivity index (χ4n) is 1.95. The monoisotopic (exact) mass is 252 g/mol. The molecule has 4 nitrogen and oxygen atoms in total. The highest BCUT2D eigenvalue weighted by Gasteiger charge is 2.40. The molecular weight excluding hydrogens is 235 g/mol. The van der Waals surface area contributed by atoms with E-state index in [4.69, 9.17) is 5.11 Å². The normalized spacial score (nSPS) is 23.3. The molecule has 1 saturated carbocycles. The Kier molecular flexibility index (Phi) is 3.81.